The fourth-order valence-corrected chi connectivity index (χ4v) is 6.91. The van der Waals surface area contributed by atoms with Gasteiger partial charge in [-0.25, -0.2) is 9.97 Å². The largest absolute Gasteiger partial charge is 0.278 e. The average Bonchev–Trinajstić information content (AvgIpc) is 2.99. The van der Waals surface area contributed by atoms with Crippen LogP contribution in [0.4, 0.5) is 17.3 Å². The van der Waals surface area contributed by atoms with Crippen LogP contribution in [-0.4, -0.2) is 19.9 Å². The maximum absolute atomic E-state index is 5.42. The fourth-order valence-electron chi connectivity index (χ4n) is 6.91. The van der Waals surface area contributed by atoms with Gasteiger partial charge in [0.1, 0.15) is 11.6 Å². The molecule has 0 fully saturated rings. The molecule has 0 spiro atoms. The summed E-state index contributed by atoms with van der Waals surface area (Å²) in [6.45, 7) is 22.4. The molecular weight excluding hydrogens is 550 g/mol. The van der Waals surface area contributed by atoms with Crippen LogP contribution in [0.2, 0.25) is 0 Å². The van der Waals surface area contributed by atoms with E-state index in [1.54, 1.807) is 0 Å². The zero-order valence-electron chi connectivity index (χ0n) is 28.2. The van der Waals surface area contributed by atoms with Crippen molar-refractivity contribution in [3.63, 3.8) is 0 Å². The van der Waals surface area contributed by atoms with Crippen LogP contribution in [0.15, 0.2) is 79.1 Å². The molecule has 0 radical (unpaired) electrons. The maximum atomic E-state index is 5.42. The number of anilines is 3. The highest BCUT2D eigenvalue weighted by molar-refractivity contribution is 5.91. The number of pyridine rings is 4. The minimum atomic E-state index is -0.241. The molecule has 0 saturated carbocycles. The molecule has 4 aromatic heterocycles. The highest BCUT2D eigenvalue weighted by atomic mass is 15.3. The standard InChI is InChI=1S/C40H43N5/c1-37(2,3)32-20-14-24(22-41-32)30-18-16-28-35(43-30)45-34-26(39(28,7)8)12-11-13-27(34)40(9,10)29-17-19-31(44-36(29)45)25-15-21-33(42-23-25)38(4,5)6/h11-23H,1-10H3. The summed E-state index contributed by atoms with van der Waals surface area (Å²) in [5, 5.41) is 0. The van der Waals surface area contributed by atoms with Crippen LogP contribution in [0.25, 0.3) is 22.5 Å². The smallest absolute Gasteiger partial charge is 0.143 e. The van der Waals surface area contributed by atoms with Crippen molar-refractivity contribution in [1.82, 2.24) is 19.9 Å². The van der Waals surface area contributed by atoms with Gasteiger partial charge in [-0.05, 0) is 47.5 Å². The second-order valence-electron chi connectivity index (χ2n) is 15.8. The van der Waals surface area contributed by atoms with E-state index >= 15 is 0 Å². The van der Waals surface area contributed by atoms with E-state index < -0.39 is 0 Å². The molecule has 5 aromatic rings. The van der Waals surface area contributed by atoms with Crippen molar-refractivity contribution in [1.29, 1.82) is 0 Å². The number of hydrogen-bond acceptors (Lipinski definition) is 5. The first-order valence-corrected chi connectivity index (χ1v) is 16.0. The van der Waals surface area contributed by atoms with E-state index in [1.807, 2.05) is 12.4 Å². The van der Waals surface area contributed by atoms with Gasteiger partial charge in [-0.15, -0.1) is 0 Å². The van der Waals surface area contributed by atoms with E-state index in [2.05, 4.69) is 141 Å². The van der Waals surface area contributed by atoms with Crippen LogP contribution in [0.1, 0.15) is 103 Å². The number of nitrogens with zero attached hydrogens (tertiary/aromatic N) is 5. The summed E-state index contributed by atoms with van der Waals surface area (Å²) in [7, 11) is 0. The summed E-state index contributed by atoms with van der Waals surface area (Å²) in [5.41, 5.74) is 11.6. The Balaban J connectivity index is 1.44. The zero-order valence-corrected chi connectivity index (χ0v) is 28.2. The molecule has 2 aliphatic rings. The third-order valence-corrected chi connectivity index (χ3v) is 9.78. The van der Waals surface area contributed by atoms with Crippen molar-refractivity contribution in [3.05, 3.63) is 113 Å². The summed E-state index contributed by atoms with van der Waals surface area (Å²) in [4.78, 5) is 22.8. The van der Waals surface area contributed by atoms with Gasteiger partial charge in [-0.1, -0.05) is 99.6 Å². The van der Waals surface area contributed by atoms with Crippen LogP contribution in [0.5, 0.6) is 0 Å². The van der Waals surface area contributed by atoms with Gasteiger partial charge in [0.15, 0.2) is 0 Å². The van der Waals surface area contributed by atoms with Gasteiger partial charge in [0.05, 0.1) is 17.1 Å². The second kappa shape index (κ2) is 9.56. The minimum absolute atomic E-state index is 0.0117. The summed E-state index contributed by atoms with van der Waals surface area (Å²) in [6, 6.07) is 24.1. The molecule has 0 atom stereocenters. The molecule has 0 unspecified atom stereocenters. The third kappa shape index (κ3) is 4.50. The monoisotopic (exact) mass is 593 g/mol. The second-order valence-corrected chi connectivity index (χ2v) is 15.8. The Morgan fingerprint density at radius 2 is 0.933 bits per heavy atom. The lowest BCUT2D eigenvalue weighted by molar-refractivity contribution is 0.569. The highest BCUT2D eigenvalue weighted by Gasteiger charge is 2.46. The van der Waals surface area contributed by atoms with Gasteiger partial charge in [0, 0.05) is 67.7 Å². The Labute approximate surface area is 267 Å². The zero-order chi connectivity index (χ0) is 32.1. The van der Waals surface area contributed by atoms with Crippen molar-refractivity contribution >= 4 is 17.3 Å². The molecular formula is C40H43N5. The lowest BCUT2D eigenvalue weighted by atomic mass is 9.67. The maximum Gasteiger partial charge on any atom is 0.143 e. The Kier molecular flexibility index (Phi) is 6.23. The van der Waals surface area contributed by atoms with Crippen molar-refractivity contribution < 1.29 is 0 Å². The van der Waals surface area contributed by atoms with E-state index in [0.29, 0.717) is 0 Å². The van der Waals surface area contributed by atoms with Gasteiger partial charge >= 0.3 is 0 Å². The average molecular weight is 594 g/mol. The normalized spacial score (nSPS) is 16.1. The van der Waals surface area contributed by atoms with Crippen molar-refractivity contribution in [2.75, 3.05) is 4.90 Å². The van der Waals surface area contributed by atoms with E-state index in [9.17, 15) is 0 Å². The van der Waals surface area contributed by atoms with E-state index in [-0.39, 0.29) is 21.7 Å². The van der Waals surface area contributed by atoms with Crippen LogP contribution >= 0.6 is 0 Å². The molecule has 2 aliphatic heterocycles. The first-order chi connectivity index (χ1) is 21.1. The summed E-state index contributed by atoms with van der Waals surface area (Å²) < 4.78 is 0. The van der Waals surface area contributed by atoms with Gasteiger partial charge in [0.25, 0.3) is 0 Å². The van der Waals surface area contributed by atoms with Gasteiger partial charge in [0.2, 0.25) is 0 Å². The summed E-state index contributed by atoms with van der Waals surface area (Å²) in [5.74, 6) is 1.86. The van der Waals surface area contributed by atoms with Crippen LogP contribution < -0.4 is 4.90 Å². The lowest BCUT2D eigenvalue weighted by Gasteiger charge is -2.48. The number of benzene rings is 1. The van der Waals surface area contributed by atoms with Crippen molar-refractivity contribution in [2.45, 2.75) is 90.9 Å². The molecule has 6 heterocycles. The number of fused-ring (bicyclic) bond motifs is 4. The first kappa shape index (κ1) is 29.3. The summed E-state index contributed by atoms with van der Waals surface area (Å²) >= 11 is 0. The van der Waals surface area contributed by atoms with Gasteiger partial charge in [-0.3, -0.25) is 14.9 Å². The van der Waals surface area contributed by atoms with E-state index in [4.69, 9.17) is 19.9 Å². The molecule has 0 aliphatic carbocycles. The Morgan fingerprint density at radius 3 is 1.29 bits per heavy atom. The molecule has 5 nitrogen and oxygen atoms in total. The molecule has 0 bridgehead atoms. The minimum Gasteiger partial charge on any atom is -0.278 e. The summed E-state index contributed by atoms with van der Waals surface area (Å²) in [6.07, 6.45) is 3.92. The van der Waals surface area contributed by atoms with Gasteiger partial charge < -0.3 is 0 Å². The number of rotatable bonds is 2. The molecule has 7 rings (SSSR count). The molecule has 228 valence electrons. The van der Waals surface area contributed by atoms with E-state index in [0.717, 1.165) is 45.5 Å². The van der Waals surface area contributed by atoms with Crippen LogP contribution in [0.3, 0.4) is 0 Å². The molecule has 0 N–H and O–H groups in total. The van der Waals surface area contributed by atoms with Crippen LogP contribution in [0, 0.1) is 0 Å². The molecule has 0 amide bonds. The van der Waals surface area contributed by atoms with Crippen molar-refractivity contribution in [2.24, 2.45) is 0 Å². The number of aromatic nitrogens is 4. The quantitative estimate of drug-likeness (QED) is 0.204. The lowest BCUT2D eigenvalue weighted by Crippen LogP contribution is -2.39. The fraction of sp³-hybridized carbons (Fsp3) is 0.350. The predicted molar refractivity (Wildman–Crippen MR) is 185 cm³/mol. The van der Waals surface area contributed by atoms with E-state index in [1.165, 1.54) is 27.9 Å². The SMILES string of the molecule is CC(C)(C)c1ccc(-c2ccc3c(n2)N2c4nc(-c5ccc(C(C)(C)C)nc5)ccc4C(C)(C)c4cccc(c42)C3(C)C)cn1. The Bertz CT molecular complexity index is 1810. The van der Waals surface area contributed by atoms with Crippen molar-refractivity contribution in [3.8, 4) is 22.5 Å². The number of para-hydroxylation sites is 1. The Morgan fingerprint density at radius 1 is 0.511 bits per heavy atom. The highest BCUT2D eigenvalue weighted by Crippen LogP contribution is 2.59. The number of hydrogen-bond donors (Lipinski definition) is 0. The molecule has 5 heteroatoms. The van der Waals surface area contributed by atoms with Gasteiger partial charge in [-0.2, -0.15) is 0 Å². The predicted octanol–water partition coefficient (Wildman–Crippen LogP) is 9.94. The topological polar surface area (TPSA) is 54.8 Å². The first-order valence-electron chi connectivity index (χ1n) is 16.0. The van der Waals surface area contributed by atoms with Crippen LogP contribution in [-0.2, 0) is 21.7 Å². The third-order valence-electron chi connectivity index (χ3n) is 9.78. The molecule has 1 aromatic carbocycles. The Hall–Kier alpha value is -4.38. The molecule has 0 saturated heterocycles. The molecule has 45 heavy (non-hydrogen) atoms.